The minimum absolute atomic E-state index is 0.527. The van der Waals surface area contributed by atoms with Gasteiger partial charge >= 0.3 is 0 Å². The minimum Gasteiger partial charge on any atom is -0.384 e. The van der Waals surface area contributed by atoms with Crippen molar-refractivity contribution in [1.82, 2.24) is 4.98 Å². The third-order valence-corrected chi connectivity index (χ3v) is 1.44. The largest absolute Gasteiger partial charge is 0.384 e. The Balaban J connectivity index is 0.000000561. The van der Waals surface area contributed by atoms with Gasteiger partial charge in [-0.3, -0.25) is 0 Å². The van der Waals surface area contributed by atoms with E-state index in [-0.39, 0.29) is 0 Å². The topological polar surface area (TPSA) is 64.9 Å². The lowest BCUT2D eigenvalue weighted by molar-refractivity contribution is 1.01. The molecule has 1 aromatic heterocycles. The third kappa shape index (κ3) is 2.88. The second-order valence-corrected chi connectivity index (χ2v) is 2.18. The molecule has 0 atom stereocenters. The molecule has 1 rings (SSSR count). The van der Waals surface area contributed by atoms with E-state index in [1.807, 2.05) is 26.8 Å². The van der Waals surface area contributed by atoms with Gasteiger partial charge in [-0.25, -0.2) is 4.98 Å². The van der Waals surface area contributed by atoms with Gasteiger partial charge in [0.05, 0.1) is 0 Å². The van der Waals surface area contributed by atoms with Gasteiger partial charge in [-0.15, -0.1) is 0 Å². The van der Waals surface area contributed by atoms with E-state index in [1.165, 1.54) is 0 Å². The summed E-state index contributed by atoms with van der Waals surface area (Å²) >= 11 is 0. The molecule has 3 heteroatoms. The highest BCUT2D eigenvalue weighted by atomic mass is 14.8. The van der Waals surface area contributed by atoms with Crippen molar-refractivity contribution in [2.75, 3.05) is 5.73 Å². The number of nitrogen functional groups attached to an aromatic ring is 1. The van der Waals surface area contributed by atoms with Crippen LogP contribution in [0.3, 0.4) is 0 Å². The number of hydrogen-bond acceptors (Lipinski definition) is 3. The number of anilines is 1. The smallest absolute Gasteiger partial charge is 0.123 e. The van der Waals surface area contributed by atoms with E-state index in [9.17, 15) is 0 Å². The summed E-state index contributed by atoms with van der Waals surface area (Å²) in [5, 5.41) is 0. The van der Waals surface area contributed by atoms with Crippen molar-refractivity contribution in [2.24, 2.45) is 5.73 Å². The van der Waals surface area contributed by atoms with Gasteiger partial charge in [0.1, 0.15) is 5.82 Å². The summed E-state index contributed by atoms with van der Waals surface area (Å²) < 4.78 is 0. The Bertz CT molecular complexity index is 233. The Hall–Kier alpha value is -1.09. The first-order valence-electron chi connectivity index (χ1n) is 4.16. The van der Waals surface area contributed by atoms with Crippen LogP contribution in [0.15, 0.2) is 12.1 Å². The molecule has 0 fully saturated rings. The van der Waals surface area contributed by atoms with Crippen LogP contribution >= 0.6 is 0 Å². The predicted octanol–water partition coefficient (Wildman–Crippen LogP) is 1.46. The van der Waals surface area contributed by atoms with E-state index < -0.39 is 0 Å². The van der Waals surface area contributed by atoms with Crippen LogP contribution in [0.1, 0.15) is 25.1 Å². The summed E-state index contributed by atoms with van der Waals surface area (Å²) in [6.45, 7) is 6.43. The molecule has 1 aromatic rings. The molecule has 68 valence electrons. The maximum absolute atomic E-state index is 5.43. The molecule has 0 unspecified atom stereocenters. The lowest BCUT2D eigenvalue weighted by Crippen LogP contribution is -2.02. The second kappa shape index (κ2) is 5.55. The van der Waals surface area contributed by atoms with Crippen molar-refractivity contribution in [3.63, 3.8) is 0 Å². The molecule has 0 saturated carbocycles. The first-order valence-corrected chi connectivity index (χ1v) is 4.16. The molecule has 1 heterocycles. The molecular weight excluding hydrogens is 150 g/mol. The lowest BCUT2D eigenvalue weighted by atomic mass is 10.2. The van der Waals surface area contributed by atoms with Gasteiger partial charge in [-0.05, 0) is 18.6 Å². The minimum atomic E-state index is 0.527. The molecule has 12 heavy (non-hydrogen) atoms. The number of pyridine rings is 1. The average Bonchev–Trinajstić information content (AvgIpc) is 2.08. The summed E-state index contributed by atoms with van der Waals surface area (Å²) in [5.74, 6) is 0.551. The molecule has 3 nitrogen and oxygen atoms in total. The summed E-state index contributed by atoms with van der Waals surface area (Å²) in [6, 6.07) is 3.66. The van der Waals surface area contributed by atoms with E-state index in [0.29, 0.717) is 12.4 Å². The van der Waals surface area contributed by atoms with Gasteiger partial charge in [-0.1, -0.05) is 19.9 Å². The number of hydrogen-bond donors (Lipinski definition) is 2. The molecule has 0 aliphatic heterocycles. The van der Waals surface area contributed by atoms with E-state index in [0.717, 1.165) is 11.3 Å². The van der Waals surface area contributed by atoms with Gasteiger partial charge in [0.2, 0.25) is 0 Å². The zero-order valence-corrected chi connectivity index (χ0v) is 7.96. The zero-order valence-electron chi connectivity index (χ0n) is 7.96. The van der Waals surface area contributed by atoms with Crippen LogP contribution < -0.4 is 11.5 Å². The van der Waals surface area contributed by atoms with Crippen LogP contribution in [0.2, 0.25) is 0 Å². The number of rotatable bonds is 1. The van der Waals surface area contributed by atoms with Crippen molar-refractivity contribution in [1.29, 1.82) is 0 Å². The van der Waals surface area contributed by atoms with Crippen LogP contribution in [-0.4, -0.2) is 4.98 Å². The molecular formula is C9H17N3. The number of aryl methyl sites for hydroxylation is 1. The van der Waals surface area contributed by atoms with Crippen LogP contribution in [0.5, 0.6) is 0 Å². The highest BCUT2D eigenvalue weighted by Crippen LogP contribution is 2.05. The maximum atomic E-state index is 5.43. The van der Waals surface area contributed by atoms with Crippen molar-refractivity contribution in [3.05, 3.63) is 23.4 Å². The predicted molar refractivity (Wildman–Crippen MR) is 52.6 cm³/mol. The van der Waals surface area contributed by atoms with Crippen molar-refractivity contribution in [2.45, 2.75) is 27.3 Å². The van der Waals surface area contributed by atoms with Crippen molar-refractivity contribution >= 4 is 5.82 Å². The van der Waals surface area contributed by atoms with Gasteiger partial charge in [-0.2, -0.15) is 0 Å². The van der Waals surface area contributed by atoms with E-state index in [1.54, 1.807) is 6.07 Å². The third-order valence-electron chi connectivity index (χ3n) is 1.44. The van der Waals surface area contributed by atoms with Crippen LogP contribution in [0, 0.1) is 6.92 Å². The number of nitrogens with zero attached hydrogens (tertiary/aromatic N) is 1. The standard InChI is InChI=1S/C7H11N3.C2H6/c1-5-6(4-8)2-3-7(9)10-5;1-2/h2-3H,4,8H2,1H3,(H2,9,10);1-2H3. The molecule has 0 saturated heterocycles. The highest BCUT2D eigenvalue weighted by Gasteiger charge is 1.95. The second-order valence-electron chi connectivity index (χ2n) is 2.18. The fraction of sp³-hybridized carbons (Fsp3) is 0.444. The van der Waals surface area contributed by atoms with Gasteiger partial charge < -0.3 is 11.5 Å². The summed E-state index contributed by atoms with van der Waals surface area (Å²) in [4.78, 5) is 4.04. The van der Waals surface area contributed by atoms with Gasteiger partial charge in [0.25, 0.3) is 0 Å². The Morgan fingerprint density at radius 2 is 1.92 bits per heavy atom. The fourth-order valence-corrected chi connectivity index (χ4v) is 0.825. The first kappa shape index (κ1) is 10.9. The molecule has 0 radical (unpaired) electrons. The zero-order chi connectivity index (χ0) is 9.56. The molecule has 0 amide bonds. The monoisotopic (exact) mass is 167 g/mol. The Morgan fingerprint density at radius 3 is 2.33 bits per heavy atom. The first-order chi connectivity index (χ1) is 5.74. The molecule has 0 aliphatic rings. The SMILES string of the molecule is CC.Cc1nc(N)ccc1CN. The Morgan fingerprint density at radius 1 is 1.33 bits per heavy atom. The molecule has 0 aliphatic carbocycles. The Labute approximate surface area is 73.8 Å². The molecule has 4 N–H and O–H groups in total. The summed E-state index contributed by atoms with van der Waals surface area (Å²) in [5.41, 5.74) is 12.8. The molecule has 0 bridgehead atoms. The van der Waals surface area contributed by atoms with Gasteiger partial charge in [0, 0.05) is 12.2 Å². The lowest BCUT2D eigenvalue weighted by Gasteiger charge is -2.00. The van der Waals surface area contributed by atoms with Crippen LogP contribution in [0.4, 0.5) is 5.82 Å². The molecule has 0 spiro atoms. The highest BCUT2D eigenvalue weighted by molar-refractivity contribution is 5.33. The average molecular weight is 167 g/mol. The van der Waals surface area contributed by atoms with E-state index >= 15 is 0 Å². The summed E-state index contributed by atoms with van der Waals surface area (Å²) in [7, 11) is 0. The molecule has 0 aromatic carbocycles. The van der Waals surface area contributed by atoms with Crippen LogP contribution in [-0.2, 0) is 6.54 Å². The maximum Gasteiger partial charge on any atom is 0.123 e. The van der Waals surface area contributed by atoms with Gasteiger partial charge in [0.15, 0.2) is 0 Å². The Kier molecular flexibility index (Phi) is 5.04. The quantitative estimate of drug-likeness (QED) is 0.665. The van der Waals surface area contributed by atoms with E-state index in [2.05, 4.69) is 4.98 Å². The normalized spacial score (nSPS) is 8.67. The fourth-order valence-electron chi connectivity index (χ4n) is 0.825. The number of nitrogens with two attached hydrogens (primary N) is 2. The summed E-state index contributed by atoms with van der Waals surface area (Å²) in [6.07, 6.45) is 0. The van der Waals surface area contributed by atoms with Crippen molar-refractivity contribution in [3.8, 4) is 0 Å². The van der Waals surface area contributed by atoms with Crippen LogP contribution in [0.25, 0.3) is 0 Å². The van der Waals surface area contributed by atoms with Crippen molar-refractivity contribution < 1.29 is 0 Å². The van der Waals surface area contributed by atoms with E-state index in [4.69, 9.17) is 11.5 Å². The number of aromatic nitrogens is 1.